The van der Waals surface area contributed by atoms with E-state index in [1.165, 1.54) is 5.54 Å². The van der Waals surface area contributed by atoms with Gasteiger partial charge in [0.05, 0.1) is 23.7 Å². The average molecular weight is 379 g/mol. The number of nitrogens with one attached hydrogen (secondary N) is 1. The summed E-state index contributed by atoms with van der Waals surface area (Å²) >= 11 is 6.70. The number of imidazole rings is 1. The minimum absolute atomic E-state index is 0.00175. The normalized spacial score (nSPS) is 12.6. The first kappa shape index (κ1) is 20.8. The summed E-state index contributed by atoms with van der Waals surface area (Å²) in [4.78, 5) is 17.9. The Morgan fingerprint density at radius 3 is 2.88 bits per heavy atom. The highest BCUT2D eigenvalue weighted by Crippen LogP contribution is 2.19. The highest BCUT2D eigenvalue weighted by atomic mass is 35.5. The Kier molecular flexibility index (Phi) is 10.2. The van der Waals surface area contributed by atoms with Gasteiger partial charge in [0.15, 0.2) is 5.16 Å². The first-order valence-corrected chi connectivity index (χ1v) is 8.80. The van der Waals surface area contributed by atoms with Crippen LogP contribution < -0.4 is 0 Å². The monoisotopic (exact) mass is 378 g/mol. The van der Waals surface area contributed by atoms with Crippen molar-refractivity contribution in [1.29, 1.82) is 0 Å². The van der Waals surface area contributed by atoms with Gasteiger partial charge in [0.1, 0.15) is 0 Å². The van der Waals surface area contributed by atoms with Crippen LogP contribution in [0, 0.1) is 17.8 Å². The third kappa shape index (κ3) is 8.45. The van der Waals surface area contributed by atoms with Gasteiger partial charge in [-0.05, 0) is 24.6 Å². The Morgan fingerprint density at radius 2 is 2.24 bits per heavy atom. The van der Waals surface area contributed by atoms with Gasteiger partial charge in [0.25, 0.3) is 0 Å². The molecule has 0 aliphatic heterocycles. The summed E-state index contributed by atoms with van der Waals surface area (Å²) in [5.74, 6) is 4.99. The summed E-state index contributed by atoms with van der Waals surface area (Å²) in [6, 6.07) is 0. The molecule has 1 heterocycles. The van der Waals surface area contributed by atoms with Crippen molar-refractivity contribution in [2.75, 3.05) is 12.4 Å². The van der Waals surface area contributed by atoms with Gasteiger partial charge >= 0.3 is 5.97 Å². The van der Waals surface area contributed by atoms with Crippen LogP contribution in [0.15, 0.2) is 41.6 Å². The van der Waals surface area contributed by atoms with Crippen LogP contribution in [-0.2, 0) is 4.79 Å². The van der Waals surface area contributed by atoms with Crippen molar-refractivity contribution in [2.24, 2.45) is 5.92 Å². The summed E-state index contributed by atoms with van der Waals surface area (Å²) < 4.78 is 0. The lowest BCUT2D eigenvalue weighted by atomic mass is 10.1. The number of H-pyrrole nitrogens is 1. The molecule has 0 saturated heterocycles. The second-order valence-corrected chi connectivity index (χ2v) is 5.89. The van der Waals surface area contributed by atoms with E-state index in [2.05, 4.69) is 28.4 Å². The smallest absolute Gasteiger partial charge is 0.313 e. The number of rotatable bonds is 9. The summed E-state index contributed by atoms with van der Waals surface area (Å²) in [5, 5.41) is 17.9. The lowest BCUT2D eigenvalue weighted by Crippen LogP contribution is -1.97. The Morgan fingerprint density at radius 1 is 1.44 bits per heavy atom. The number of aliphatic hydroxyl groups is 1. The molecule has 132 valence electrons. The zero-order chi connectivity index (χ0) is 18.5. The Hall–Kier alpha value is -2.20. The van der Waals surface area contributed by atoms with E-state index in [9.17, 15) is 4.79 Å². The maximum atomic E-state index is 10.6. The predicted molar refractivity (Wildman–Crippen MR) is 103 cm³/mol. The van der Waals surface area contributed by atoms with Crippen LogP contribution in [0.5, 0.6) is 0 Å². The fourth-order valence-electron chi connectivity index (χ4n) is 1.70. The van der Waals surface area contributed by atoms with E-state index in [1.807, 2.05) is 6.08 Å². The minimum atomic E-state index is -0.912. The van der Waals surface area contributed by atoms with Crippen LogP contribution in [0.4, 0.5) is 0 Å². The van der Waals surface area contributed by atoms with Crippen molar-refractivity contribution in [3.63, 3.8) is 0 Å². The van der Waals surface area contributed by atoms with E-state index < -0.39 is 5.97 Å². The van der Waals surface area contributed by atoms with Gasteiger partial charge < -0.3 is 15.2 Å². The summed E-state index contributed by atoms with van der Waals surface area (Å²) in [7, 11) is 0. The summed E-state index contributed by atoms with van der Waals surface area (Å²) in [6.45, 7) is 3.75. The molecule has 1 aromatic heterocycles. The number of aliphatic hydroxyl groups excluding tert-OH is 1. The van der Waals surface area contributed by atoms with Crippen molar-refractivity contribution < 1.29 is 15.0 Å². The van der Waals surface area contributed by atoms with E-state index >= 15 is 0 Å². The molecule has 0 amide bonds. The van der Waals surface area contributed by atoms with Crippen molar-refractivity contribution >= 4 is 41.5 Å². The second-order valence-electron chi connectivity index (χ2n) is 4.67. The zero-order valence-electron chi connectivity index (χ0n) is 13.5. The number of allylic oxidation sites excluding steroid dienone is 3. The van der Waals surface area contributed by atoms with Crippen molar-refractivity contribution in [3.05, 3.63) is 47.8 Å². The molecule has 0 spiro atoms. The van der Waals surface area contributed by atoms with Gasteiger partial charge in [-0.2, -0.15) is 0 Å². The number of halogens is 1. The molecule has 1 aromatic rings. The van der Waals surface area contributed by atoms with Gasteiger partial charge in [-0.3, -0.25) is 4.79 Å². The highest BCUT2D eigenvalue weighted by molar-refractivity contribution is 7.99. The fraction of sp³-hybridized carbons (Fsp3) is 0.222. The molecule has 5 nitrogen and oxygen atoms in total. The molecule has 0 saturated carbocycles. The number of hydrogen-bond acceptors (Lipinski definition) is 4. The molecular formula is C18H19ClN2O3S. The van der Waals surface area contributed by atoms with Gasteiger partial charge in [-0.25, -0.2) is 4.98 Å². The van der Waals surface area contributed by atoms with Crippen LogP contribution in [0.25, 0.3) is 12.2 Å². The number of aromatic nitrogens is 2. The first-order valence-electron chi connectivity index (χ1n) is 7.38. The fourth-order valence-corrected chi connectivity index (χ4v) is 2.43. The molecule has 0 bridgehead atoms. The topological polar surface area (TPSA) is 86.2 Å². The lowest BCUT2D eigenvalue weighted by molar-refractivity contribution is -0.133. The van der Waals surface area contributed by atoms with Crippen molar-refractivity contribution in [2.45, 2.75) is 11.6 Å². The molecule has 0 aliphatic rings. The molecule has 0 aliphatic carbocycles. The number of carboxylic acids is 1. The minimum Gasteiger partial charge on any atom is -0.481 e. The zero-order valence-corrected chi connectivity index (χ0v) is 15.1. The average Bonchev–Trinajstić information content (AvgIpc) is 2.97. The van der Waals surface area contributed by atoms with Crippen molar-refractivity contribution in [3.8, 4) is 11.8 Å². The largest absolute Gasteiger partial charge is 0.481 e. The standard InChI is InChI=1S/C18H19ClN2O3S/c1-2-14(8-5-6-12-22)7-3-4-9-15-16(10-11-19)21-18(20-15)25-13-17(23)24/h2,4-6,9-11,14,22H,1,8,12-13H2,(H,20,21)(H,23,24)/b6-5+,9-4+,11-10+. The molecule has 25 heavy (non-hydrogen) atoms. The van der Waals surface area contributed by atoms with Crippen LogP contribution in [0.2, 0.25) is 0 Å². The Bertz CT molecular complexity index is 726. The maximum Gasteiger partial charge on any atom is 0.313 e. The van der Waals surface area contributed by atoms with E-state index in [0.717, 1.165) is 11.8 Å². The van der Waals surface area contributed by atoms with E-state index in [4.69, 9.17) is 21.8 Å². The first-order chi connectivity index (χ1) is 12.1. The molecule has 0 aromatic carbocycles. The van der Waals surface area contributed by atoms with Gasteiger partial charge in [0.2, 0.25) is 0 Å². The number of aliphatic carboxylic acids is 1. The third-order valence-corrected chi connectivity index (χ3v) is 3.83. The van der Waals surface area contributed by atoms with Gasteiger partial charge in [0, 0.05) is 11.5 Å². The number of thioether (sulfide) groups is 1. The maximum absolute atomic E-state index is 10.6. The molecule has 0 fully saturated rings. The lowest BCUT2D eigenvalue weighted by Gasteiger charge is -1.97. The van der Waals surface area contributed by atoms with Crippen LogP contribution in [-0.4, -0.2) is 38.5 Å². The van der Waals surface area contributed by atoms with Gasteiger partial charge in [-0.15, -0.1) is 6.58 Å². The summed E-state index contributed by atoms with van der Waals surface area (Å²) in [6.07, 6.45) is 11.0. The van der Waals surface area contributed by atoms with E-state index in [0.29, 0.717) is 23.0 Å². The molecule has 1 unspecified atom stereocenters. The quantitative estimate of drug-likeness (QED) is 0.347. The van der Waals surface area contributed by atoms with Crippen LogP contribution >= 0.6 is 23.4 Å². The molecule has 1 rings (SSSR count). The van der Waals surface area contributed by atoms with Gasteiger partial charge in [-0.1, -0.05) is 53.4 Å². The predicted octanol–water partition coefficient (Wildman–Crippen LogP) is 3.55. The number of carbonyl (C=O) groups is 1. The summed E-state index contributed by atoms with van der Waals surface area (Å²) in [5.41, 5.74) is 2.63. The number of aromatic amines is 1. The van der Waals surface area contributed by atoms with Crippen LogP contribution in [0.1, 0.15) is 17.8 Å². The van der Waals surface area contributed by atoms with Crippen molar-refractivity contribution in [1.82, 2.24) is 9.97 Å². The molecule has 1 atom stereocenters. The molecular weight excluding hydrogens is 360 g/mol. The Labute approximate surface area is 156 Å². The molecule has 3 N–H and O–H groups in total. The number of nitrogens with zero attached hydrogens (tertiary/aromatic N) is 1. The van der Waals surface area contributed by atoms with Crippen LogP contribution in [0.3, 0.4) is 0 Å². The van der Waals surface area contributed by atoms with E-state index in [-0.39, 0.29) is 18.3 Å². The molecule has 7 heteroatoms. The molecule has 0 radical (unpaired) electrons. The highest BCUT2D eigenvalue weighted by Gasteiger charge is 2.07. The Balaban J connectivity index is 2.81. The SMILES string of the molecule is C=CC(C#C/C=C/c1[nH]c(SCC(=O)O)nc1/C=C/Cl)C/C=C/CO. The second kappa shape index (κ2) is 12.2. The third-order valence-electron chi connectivity index (χ3n) is 2.84. The number of hydrogen-bond donors (Lipinski definition) is 3. The van der Waals surface area contributed by atoms with E-state index in [1.54, 1.807) is 30.4 Å². The number of carboxylic acid groups (broad SMARTS) is 1.